The van der Waals surface area contributed by atoms with Crippen LogP contribution in [-0.2, 0) is 9.53 Å². The Morgan fingerprint density at radius 1 is 1.05 bits per heavy atom. The molecular formula is C29H29ClFN3O3. The van der Waals surface area contributed by atoms with Gasteiger partial charge in [0.25, 0.3) is 0 Å². The number of ether oxygens (including phenoxy) is 1. The van der Waals surface area contributed by atoms with E-state index in [1.54, 1.807) is 15.9 Å². The summed E-state index contributed by atoms with van der Waals surface area (Å²) in [5.41, 5.74) is 1.97. The maximum Gasteiger partial charge on any atom is 0.410 e. The van der Waals surface area contributed by atoms with Gasteiger partial charge in [-0.05, 0) is 63.4 Å². The number of likely N-dealkylation sites (tertiary alicyclic amines) is 1. The minimum atomic E-state index is -0.722. The summed E-state index contributed by atoms with van der Waals surface area (Å²) < 4.78 is 19.4. The first-order chi connectivity index (χ1) is 17.6. The van der Waals surface area contributed by atoms with Crippen LogP contribution in [0.4, 0.5) is 14.9 Å². The van der Waals surface area contributed by atoms with Crippen LogP contribution in [0.2, 0.25) is 5.02 Å². The van der Waals surface area contributed by atoms with Gasteiger partial charge in [-0.2, -0.15) is 0 Å². The summed E-state index contributed by atoms with van der Waals surface area (Å²) in [6.45, 7) is 6.30. The molecule has 0 saturated carbocycles. The van der Waals surface area contributed by atoms with E-state index in [1.165, 1.54) is 12.1 Å². The van der Waals surface area contributed by atoms with Gasteiger partial charge in [0.1, 0.15) is 11.4 Å². The Bertz CT molecular complexity index is 1320. The second-order valence-corrected chi connectivity index (χ2v) is 11.0. The van der Waals surface area contributed by atoms with Crippen molar-refractivity contribution in [3.63, 3.8) is 0 Å². The zero-order chi connectivity index (χ0) is 26.4. The molecule has 0 bridgehead atoms. The summed E-state index contributed by atoms with van der Waals surface area (Å²) >= 11 is 6.07. The fourth-order valence-electron chi connectivity index (χ4n) is 5.24. The van der Waals surface area contributed by atoms with Crippen LogP contribution in [0, 0.1) is 11.2 Å². The van der Waals surface area contributed by atoms with E-state index >= 15 is 0 Å². The number of carbonyl (C=O) groups is 2. The van der Waals surface area contributed by atoms with Crippen molar-refractivity contribution >= 4 is 29.3 Å². The fraction of sp³-hybridized carbons (Fsp3) is 0.345. The van der Waals surface area contributed by atoms with E-state index in [1.807, 2.05) is 69.4 Å². The number of rotatable bonds is 3. The van der Waals surface area contributed by atoms with Gasteiger partial charge in [-0.15, -0.1) is 0 Å². The molecular weight excluding hydrogens is 493 g/mol. The minimum absolute atomic E-state index is 0.0443. The first-order valence-corrected chi connectivity index (χ1v) is 12.7. The summed E-state index contributed by atoms with van der Waals surface area (Å²) in [6, 6.07) is 17.8. The van der Waals surface area contributed by atoms with Crippen molar-refractivity contribution in [2.24, 2.45) is 5.41 Å². The number of pyridine rings is 1. The van der Waals surface area contributed by atoms with E-state index in [9.17, 15) is 14.0 Å². The van der Waals surface area contributed by atoms with Gasteiger partial charge in [-0.3, -0.25) is 9.78 Å². The van der Waals surface area contributed by atoms with E-state index in [-0.39, 0.29) is 23.1 Å². The first-order valence-electron chi connectivity index (χ1n) is 12.4. The molecule has 5 rings (SSSR count). The van der Waals surface area contributed by atoms with Gasteiger partial charge in [0.05, 0.1) is 22.2 Å². The summed E-state index contributed by atoms with van der Waals surface area (Å²) in [5, 5.41) is -0.0443. The lowest BCUT2D eigenvalue weighted by atomic mass is 9.63. The van der Waals surface area contributed by atoms with Crippen LogP contribution >= 0.6 is 11.6 Å². The second-order valence-electron chi connectivity index (χ2n) is 10.6. The second kappa shape index (κ2) is 9.45. The number of hydrogen-bond donors (Lipinski definition) is 0. The van der Waals surface area contributed by atoms with Crippen molar-refractivity contribution < 1.29 is 18.7 Å². The predicted octanol–water partition coefficient (Wildman–Crippen LogP) is 6.65. The molecule has 2 aliphatic heterocycles. The molecule has 192 valence electrons. The summed E-state index contributed by atoms with van der Waals surface area (Å²) in [5.74, 6) is -0.612. The van der Waals surface area contributed by atoms with E-state index in [0.29, 0.717) is 31.6 Å². The molecule has 3 heterocycles. The number of halogens is 2. The number of aromatic nitrogens is 1. The van der Waals surface area contributed by atoms with Gasteiger partial charge in [0.2, 0.25) is 5.91 Å². The zero-order valence-electron chi connectivity index (χ0n) is 21.1. The lowest BCUT2D eigenvalue weighted by molar-refractivity contribution is -0.145. The highest BCUT2D eigenvalue weighted by Crippen LogP contribution is 2.57. The van der Waals surface area contributed by atoms with Gasteiger partial charge in [-0.25, -0.2) is 9.18 Å². The predicted molar refractivity (Wildman–Crippen MR) is 141 cm³/mol. The lowest BCUT2D eigenvalue weighted by Crippen LogP contribution is -2.67. The fourth-order valence-corrected chi connectivity index (χ4v) is 5.42. The van der Waals surface area contributed by atoms with Crippen LogP contribution in [0.15, 0.2) is 66.9 Å². The maximum absolute atomic E-state index is 13.9. The minimum Gasteiger partial charge on any atom is -0.444 e. The van der Waals surface area contributed by atoms with Gasteiger partial charge in [-0.1, -0.05) is 48.0 Å². The largest absolute Gasteiger partial charge is 0.444 e. The zero-order valence-corrected chi connectivity index (χ0v) is 21.8. The third-order valence-electron chi connectivity index (χ3n) is 7.09. The van der Waals surface area contributed by atoms with Crippen molar-refractivity contribution in [1.29, 1.82) is 0 Å². The molecule has 37 heavy (non-hydrogen) atoms. The number of nitrogens with zero attached hydrogens (tertiary/aromatic N) is 3. The highest BCUT2D eigenvalue weighted by Gasteiger charge is 2.63. The van der Waals surface area contributed by atoms with Crippen LogP contribution in [0.3, 0.4) is 0 Å². The molecule has 0 N–H and O–H groups in total. The number of β-lactam (4-membered cyclic amide) rings is 1. The molecule has 2 saturated heterocycles. The number of piperidine rings is 1. The molecule has 8 heteroatoms. The third kappa shape index (κ3) is 4.68. The molecule has 0 aliphatic carbocycles. The van der Waals surface area contributed by atoms with Gasteiger partial charge < -0.3 is 14.5 Å². The van der Waals surface area contributed by atoms with Gasteiger partial charge in [0.15, 0.2) is 0 Å². The Balaban J connectivity index is 1.46. The Kier molecular flexibility index (Phi) is 6.44. The Hall–Kier alpha value is -3.45. The Morgan fingerprint density at radius 3 is 2.35 bits per heavy atom. The van der Waals surface area contributed by atoms with Crippen molar-refractivity contribution in [1.82, 2.24) is 9.88 Å². The van der Waals surface area contributed by atoms with Crippen LogP contribution in [0.1, 0.15) is 45.3 Å². The van der Waals surface area contributed by atoms with Crippen molar-refractivity contribution in [3.05, 3.63) is 83.4 Å². The van der Waals surface area contributed by atoms with Crippen LogP contribution < -0.4 is 4.90 Å². The first kappa shape index (κ1) is 25.2. The quantitative estimate of drug-likeness (QED) is 0.362. The summed E-state index contributed by atoms with van der Waals surface area (Å²) in [6.07, 6.45) is 2.39. The van der Waals surface area contributed by atoms with Crippen molar-refractivity contribution in [2.75, 3.05) is 18.0 Å². The molecule has 1 spiro atoms. The molecule has 1 unspecified atom stereocenters. The van der Waals surface area contributed by atoms with E-state index < -0.39 is 16.8 Å². The average Bonchev–Trinajstić information content (AvgIpc) is 2.88. The molecule has 1 atom stereocenters. The maximum atomic E-state index is 13.9. The molecule has 2 amide bonds. The molecule has 3 aromatic rings. The number of amides is 2. The number of hydrogen-bond acceptors (Lipinski definition) is 4. The monoisotopic (exact) mass is 521 g/mol. The van der Waals surface area contributed by atoms with E-state index in [2.05, 4.69) is 0 Å². The highest BCUT2D eigenvalue weighted by atomic mass is 35.5. The number of benzene rings is 2. The highest BCUT2D eigenvalue weighted by molar-refractivity contribution is 6.31. The van der Waals surface area contributed by atoms with Crippen molar-refractivity contribution in [2.45, 2.75) is 45.3 Å². The van der Waals surface area contributed by atoms with Gasteiger partial charge in [0, 0.05) is 30.5 Å². The molecule has 0 radical (unpaired) electrons. The Morgan fingerprint density at radius 2 is 1.76 bits per heavy atom. The molecule has 1 aromatic heterocycles. The summed E-state index contributed by atoms with van der Waals surface area (Å²) in [7, 11) is 0. The summed E-state index contributed by atoms with van der Waals surface area (Å²) in [4.78, 5) is 34.5. The number of carbonyl (C=O) groups excluding carboxylic acids is 2. The normalized spacial score (nSPS) is 19.1. The van der Waals surface area contributed by atoms with Crippen LogP contribution in [-0.4, -0.2) is 40.6 Å². The standard InChI is InChI=1S/C29H29ClFN3O3/c1-28(2,3)37-27(36)33-15-13-29(14-16-33)25(34(26(29)35)21-10-11-23(31)22(30)17-21)24-12-9-20(18-32-24)19-7-5-4-6-8-19/h4-12,17-18,25H,13-16H2,1-3H3. The lowest BCUT2D eigenvalue weighted by Gasteiger charge is -2.58. The van der Waals surface area contributed by atoms with Crippen molar-refractivity contribution in [3.8, 4) is 11.1 Å². The van der Waals surface area contributed by atoms with E-state index in [4.69, 9.17) is 21.3 Å². The molecule has 2 fully saturated rings. The average molecular weight is 522 g/mol. The van der Waals surface area contributed by atoms with Crippen LogP contribution in [0.5, 0.6) is 0 Å². The van der Waals surface area contributed by atoms with E-state index in [0.717, 1.165) is 16.8 Å². The Labute approximate surface area is 221 Å². The van der Waals surface area contributed by atoms with Gasteiger partial charge >= 0.3 is 6.09 Å². The molecule has 2 aromatic carbocycles. The number of anilines is 1. The molecule has 6 nitrogen and oxygen atoms in total. The smallest absolute Gasteiger partial charge is 0.410 e. The molecule has 2 aliphatic rings. The SMILES string of the molecule is CC(C)(C)OC(=O)N1CCC2(CC1)C(=O)N(c1ccc(F)c(Cl)c1)C2c1ccc(-c2ccccc2)cn1. The third-order valence-corrected chi connectivity index (χ3v) is 7.38. The van der Waals surface area contributed by atoms with Crippen LogP contribution in [0.25, 0.3) is 11.1 Å². The topological polar surface area (TPSA) is 62.7 Å².